The molecule has 0 aliphatic heterocycles. The maximum atomic E-state index is 12.5. The predicted octanol–water partition coefficient (Wildman–Crippen LogP) is 3.39. The summed E-state index contributed by atoms with van der Waals surface area (Å²) in [7, 11) is 0. The van der Waals surface area contributed by atoms with Crippen LogP contribution < -0.4 is 11.2 Å². The highest BCUT2D eigenvalue weighted by atomic mass is 32.1. The highest BCUT2D eigenvalue weighted by Gasteiger charge is 2.14. The van der Waals surface area contributed by atoms with Crippen LogP contribution in [0.1, 0.15) is 39.7 Å². The van der Waals surface area contributed by atoms with Gasteiger partial charge in [0.15, 0.2) is 0 Å². The summed E-state index contributed by atoms with van der Waals surface area (Å²) in [5.41, 5.74) is 3.88. The lowest BCUT2D eigenvalue weighted by Gasteiger charge is -2.16. The molecule has 0 saturated carbocycles. The minimum absolute atomic E-state index is 0.0435. The minimum atomic E-state index is -0.460. The number of nitrogens with zero attached hydrogens (tertiary/aromatic N) is 1. The Hall–Kier alpha value is -2.88. The molecule has 0 fully saturated rings. The van der Waals surface area contributed by atoms with Crippen molar-refractivity contribution in [2.75, 3.05) is 6.61 Å². The number of aryl methyl sites for hydroxylation is 2. The molecule has 0 bridgehead atoms. The molecule has 29 heavy (non-hydrogen) atoms. The molecule has 6 heteroatoms. The van der Waals surface area contributed by atoms with Crippen molar-refractivity contribution < 1.29 is 4.74 Å². The Balaban J connectivity index is 1.87. The molecule has 1 aromatic carbocycles. The Bertz CT molecular complexity index is 1140. The molecule has 0 aliphatic rings. The quantitative estimate of drug-likeness (QED) is 0.502. The average Bonchev–Trinajstić information content (AvgIpc) is 3.16. The number of benzene rings is 1. The van der Waals surface area contributed by atoms with Gasteiger partial charge in [-0.3, -0.25) is 14.3 Å². The summed E-state index contributed by atoms with van der Waals surface area (Å²) in [5, 5.41) is 1.97. The molecule has 2 aromatic heterocycles. The molecular weight excluding hydrogens is 384 g/mol. The van der Waals surface area contributed by atoms with Crippen molar-refractivity contribution in [2.24, 2.45) is 0 Å². The second-order valence-electron chi connectivity index (χ2n) is 6.90. The number of ether oxygens (including phenoxy) is 1. The summed E-state index contributed by atoms with van der Waals surface area (Å²) in [4.78, 5) is 28.2. The number of nitrogens with one attached hydrogen (secondary N) is 1. The lowest BCUT2D eigenvalue weighted by molar-refractivity contribution is 0.0980. The van der Waals surface area contributed by atoms with E-state index in [0.29, 0.717) is 24.1 Å². The molecule has 1 N–H and O–H groups in total. The van der Waals surface area contributed by atoms with Gasteiger partial charge in [0.05, 0.1) is 4.88 Å². The fourth-order valence-electron chi connectivity index (χ4n) is 3.39. The molecule has 0 radical (unpaired) electrons. The van der Waals surface area contributed by atoms with Crippen LogP contribution in [0.25, 0.3) is 0 Å². The van der Waals surface area contributed by atoms with Gasteiger partial charge in [0.2, 0.25) is 0 Å². The third-order valence-corrected chi connectivity index (χ3v) is 5.33. The van der Waals surface area contributed by atoms with Crippen LogP contribution in [0.15, 0.2) is 45.3 Å². The van der Waals surface area contributed by atoms with Gasteiger partial charge in [-0.1, -0.05) is 54.2 Å². The first-order valence-corrected chi connectivity index (χ1v) is 10.4. The Morgan fingerprint density at radius 2 is 1.93 bits per heavy atom. The van der Waals surface area contributed by atoms with E-state index in [-0.39, 0.29) is 18.9 Å². The number of hydrogen-bond acceptors (Lipinski definition) is 4. The van der Waals surface area contributed by atoms with Gasteiger partial charge in [-0.15, -0.1) is 11.3 Å². The molecule has 150 valence electrons. The fourth-order valence-corrected chi connectivity index (χ4v) is 3.98. The molecule has 0 unspecified atom stereocenters. The van der Waals surface area contributed by atoms with Crippen LogP contribution in [0.4, 0.5) is 0 Å². The van der Waals surface area contributed by atoms with Gasteiger partial charge in [0, 0.05) is 17.7 Å². The number of aromatic nitrogens is 2. The van der Waals surface area contributed by atoms with E-state index in [1.54, 1.807) is 11.3 Å². The van der Waals surface area contributed by atoms with Crippen LogP contribution in [-0.4, -0.2) is 16.2 Å². The number of rotatable bonds is 6. The third kappa shape index (κ3) is 5.35. The van der Waals surface area contributed by atoms with Crippen molar-refractivity contribution in [2.45, 2.75) is 40.3 Å². The Morgan fingerprint density at radius 3 is 2.59 bits per heavy atom. The van der Waals surface area contributed by atoms with E-state index < -0.39 is 5.69 Å². The van der Waals surface area contributed by atoms with Crippen LogP contribution in [0.3, 0.4) is 0 Å². The fraction of sp³-hybridized carbons (Fsp3) is 0.304. The third-order valence-electron chi connectivity index (χ3n) is 4.55. The lowest BCUT2D eigenvalue weighted by atomic mass is 10.0. The Morgan fingerprint density at radius 1 is 1.17 bits per heavy atom. The van der Waals surface area contributed by atoms with Crippen LogP contribution >= 0.6 is 11.3 Å². The monoisotopic (exact) mass is 408 g/mol. The van der Waals surface area contributed by atoms with Crippen molar-refractivity contribution >= 4 is 11.3 Å². The lowest BCUT2D eigenvalue weighted by Crippen LogP contribution is -2.36. The number of thiophene rings is 1. The van der Waals surface area contributed by atoms with Crippen LogP contribution in [0, 0.1) is 25.7 Å². The standard InChI is InChI=1S/C23H24N2O3S/c1-4-20-21(14-18-12-16(2)11-17(3)13-18)25(23(27)24-22(20)26)15-28-9-5-7-19-8-6-10-29-19/h6,8,10-13H,4,9,14-15H2,1-3H3,(H,24,26,27). The van der Waals surface area contributed by atoms with Crippen molar-refractivity contribution in [1.82, 2.24) is 9.55 Å². The van der Waals surface area contributed by atoms with Crippen LogP contribution in [-0.2, 0) is 24.3 Å². The SMILES string of the molecule is CCc1c(Cc2cc(C)cc(C)c2)n(COCC#Cc2cccs2)c(=O)[nH]c1=O. The zero-order chi connectivity index (χ0) is 20.8. The topological polar surface area (TPSA) is 64.1 Å². The number of hydrogen-bond donors (Lipinski definition) is 1. The summed E-state index contributed by atoms with van der Waals surface area (Å²) in [5.74, 6) is 5.97. The highest BCUT2D eigenvalue weighted by Crippen LogP contribution is 2.15. The maximum Gasteiger partial charge on any atom is 0.330 e. The molecule has 2 heterocycles. The molecule has 5 nitrogen and oxygen atoms in total. The molecule has 0 aliphatic carbocycles. The Labute approximate surface area is 174 Å². The van der Waals surface area contributed by atoms with E-state index in [0.717, 1.165) is 21.6 Å². The van der Waals surface area contributed by atoms with Gasteiger partial charge in [-0.05, 0) is 37.3 Å². The number of aromatic amines is 1. The normalized spacial score (nSPS) is 10.6. The van der Waals surface area contributed by atoms with E-state index in [2.05, 4.69) is 35.0 Å². The summed E-state index contributed by atoms with van der Waals surface area (Å²) >= 11 is 1.57. The first kappa shape index (κ1) is 20.8. The molecule has 0 saturated heterocycles. The zero-order valence-electron chi connectivity index (χ0n) is 16.9. The van der Waals surface area contributed by atoms with Gasteiger partial charge in [-0.2, -0.15) is 0 Å². The Kier molecular flexibility index (Phi) is 6.86. The molecule has 3 aromatic rings. The van der Waals surface area contributed by atoms with E-state index in [1.165, 1.54) is 4.57 Å². The highest BCUT2D eigenvalue weighted by molar-refractivity contribution is 7.10. The maximum absolute atomic E-state index is 12.5. The van der Waals surface area contributed by atoms with Gasteiger partial charge >= 0.3 is 5.69 Å². The summed E-state index contributed by atoms with van der Waals surface area (Å²) in [6.45, 7) is 6.24. The summed E-state index contributed by atoms with van der Waals surface area (Å²) in [6, 6.07) is 10.1. The van der Waals surface area contributed by atoms with E-state index in [4.69, 9.17) is 4.74 Å². The zero-order valence-corrected chi connectivity index (χ0v) is 17.7. The van der Waals surface area contributed by atoms with Crippen molar-refractivity contribution in [1.29, 1.82) is 0 Å². The first-order valence-electron chi connectivity index (χ1n) is 9.50. The van der Waals surface area contributed by atoms with Crippen LogP contribution in [0.5, 0.6) is 0 Å². The summed E-state index contributed by atoms with van der Waals surface area (Å²) in [6.07, 6.45) is 1.03. The van der Waals surface area contributed by atoms with Gasteiger partial charge in [-0.25, -0.2) is 4.79 Å². The van der Waals surface area contributed by atoms with Gasteiger partial charge in [0.25, 0.3) is 5.56 Å². The van der Waals surface area contributed by atoms with Crippen molar-refractivity contribution in [3.05, 3.63) is 89.4 Å². The van der Waals surface area contributed by atoms with E-state index in [1.807, 2.05) is 38.3 Å². The van der Waals surface area contributed by atoms with Crippen molar-refractivity contribution in [3.8, 4) is 11.8 Å². The summed E-state index contributed by atoms with van der Waals surface area (Å²) < 4.78 is 7.14. The molecule has 3 rings (SSSR count). The second-order valence-corrected chi connectivity index (χ2v) is 7.84. The van der Waals surface area contributed by atoms with Crippen molar-refractivity contribution in [3.63, 3.8) is 0 Å². The van der Waals surface area contributed by atoms with Crippen LogP contribution in [0.2, 0.25) is 0 Å². The number of H-pyrrole nitrogens is 1. The molecule has 0 spiro atoms. The van der Waals surface area contributed by atoms with E-state index in [9.17, 15) is 9.59 Å². The smallest absolute Gasteiger partial charge is 0.330 e. The molecule has 0 amide bonds. The predicted molar refractivity (Wildman–Crippen MR) is 117 cm³/mol. The minimum Gasteiger partial charge on any atom is -0.348 e. The molecular formula is C23H24N2O3S. The molecule has 0 atom stereocenters. The largest absolute Gasteiger partial charge is 0.348 e. The average molecular weight is 409 g/mol. The second kappa shape index (κ2) is 9.55. The first-order chi connectivity index (χ1) is 14.0. The van der Waals surface area contributed by atoms with E-state index >= 15 is 0 Å². The van der Waals surface area contributed by atoms with Gasteiger partial charge in [0.1, 0.15) is 13.3 Å². The van der Waals surface area contributed by atoms with Gasteiger partial charge < -0.3 is 4.74 Å².